The van der Waals surface area contributed by atoms with E-state index in [1.54, 1.807) is 0 Å². The van der Waals surface area contributed by atoms with Gasteiger partial charge in [-0.05, 0) is 63.2 Å². The molecule has 0 saturated heterocycles. The highest BCUT2D eigenvalue weighted by atomic mass is 16.6. The van der Waals surface area contributed by atoms with Gasteiger partial charge >= 0.3 is 23.9 Å². The summed E-state index contributed by atoms with van der Waals surface area (Å²) < 4.78 is 16.3. The quantitative estimate of drug-likeness (QED) is 0.393. The molecular formula is C27H38O10. The number of carboxylic acids is 1. The molecule has 0 aromatic rings. The zero-order valence-corrected chi connectivity index (χ0v) is 22.0. The molecule has 0 unspecified atom stereocenters. The summed E-state index contributed by atoms with van der Waals surface area (Å²) in [5.74, 6) is -4.32. The fourth-order valence-electron chi connectivity index (χ4n) is 8.84. The van der Waals surface area contributed by atoms with Crippen LogP contribution in [0.4, 0.5) is 0 Å². The number of Topliss-reactive ketones (excluding diaryl/α,β-unsaturated/α-hetero) is 1. The van der Waals surface area contributed by atoms with Crippen molar-refractivity contribution in [3.05, 3.63) is 0 Å². The van der Waals surface area contributed by atoms with E-state index < -0.39 is 69.8 Å². The van der Waals surface area contributed by atoms with E-state index >= 15 is 0 Å². The summed E-state index contributed by atoms with van der Waals surface area (Å²) in [5.41, 5.74) is -4.89. The van der Waals surface area contributed by atoms with Crippen molar-refractivity contribution < 1.29 is 48.4 Å². The first-order chi connectivity index (χ1) is 17.2. The molecule has 10 nitrogen and oxygen atoms in total. The minimum absolute atomic E-state index is 0.0981. The molecule has 206 valence electrons. The van der Waals surface area contributed by atoms with Crippen molar-refractivity contribution in [2.24, 2.45) is 28.6 Å². The Hall–Kier alpha value is -2.49. The maximum atomic E-state index is 13.2. The van der Waals surface area contributed by atoms with Crippen molar-refractivity contribution in [1.82, 2.24) is 0 Å². The summed E-state index contributed by atoms with van der Waals surface area (Å²) in [6.45, 7) is 5.34. The van der Waals surface area contributed by atoms with E-state index in [1.165, 1.54) is 20.8 Å². The molecule has 2 N–H and O–H groups in total. The molecule has 0 heterocycles. The third-order valence-corrected chi connectivity index (χ3v) is 10.2. The summed E-state index contributed by atoms with van der Waals surface area (Å²) in [7, 11) is 0. The molecule has 0 radical (unpaired) electrons. The summed E-state index contributed by atoms with van der Waals surface area (Å²) in [5, 5.41) is 23.0. The van der Waals surface area contributed by atoms with Gasteiger partial charge in [-0.2, -0.15) is 0 Å². The monoisotopic (exact) mass is 522 g/mol. The number of fused-ring (bicyclic) bond motifs is 5. The van der Waals surface area contributed by atoms with Crippen LogP contribution in [0.1, 0.15) is 85.5 Å². The molecular weight excluding hydrogens is 484 g/mol. The van der Waals surface area contributed by atoms with Gasteiger partial charge < -0.3 is 24.4 Å². The number of ether oxygens (including phenoxy) is 3. The van der Waals surface area contributed by atoms with E-state index in [9.17, 15) is 34.2 Å². The Morgan fingerprint density at radius 1 is 0.838 bits per heavy atom. The topological polar surface area (TPSA) is 154 Å². The molecule has 8 atom stereocenters. The first-order valence-electron chi connectivity index (χ1n) is 13.2. The van der Waals surface area contributed by atoms with Gasteiger partial charge in [0.25, 0.3) is 0 Å². The maximum Gasteiger partial charge on any atom is 0.314 e. The predicted molar refractivity (Wildman–Crippen MR) is 127 cm³/mol. The van der Waals surface area contributed by atoms with Crippen LogP contribution in [0.5, 0.6) is 0 Å². The molecule has 0 aromatic carbocycles. The molecule has 0 amide bonds. The Kier molecular flexibility index (Phi) is 6.97. The van der Waals surface area contributed by atoms with Gasteiger partial charge in [0.1, 0.15) is 23.7 Å². The Balaban J connectivity index is 1.71. The lowest BCUT2D eigenvalue weighted by Gasteiger charge is -2.65. The highest BCUT2D eigenvalue weighted by Gasteiger charge is 2.75. The van der Waals surface area contributed by atoms with Crippen LogP contribution in [0, 0.1) is 28.6 Å². The molecule has 4 aliphatic rings. The zero-order valence-electron chi connectivity index (χ0n) is 22.0. The number of hydrogen-bond donors (Lipinski definition) is 2. The minimum atomic E-state index is -1.45. The molecule has 0 spiro atoms. The molecule has 10 heteroatoms. The minimum Gasteiger partial charge on any atom is -0.481 e. The van der Waals surface area contributed by atoms with Gasteiger partial charge in [0, 0.05) is 38.5 Å². The van der Waals surface area contributed by atoms with Crippen LogP contribution in [-0.4, -0.2) is 63.8 Å². The van der Waals surface area contributed by atoms with Gasteiger partial charge in [0.2, 0.25) is 0 Å². The SMILES string of the molecule is CC(=O)OCC(=O)[C@H]1CC[C@]2(O)[C@@H]3CC[C@]4(OC(C)=O)C[C@@H](OC(C)=O)CC[C@]4(C(=O)O)[C@@H]3CC[C@]12C. The highest BCUT2D eigenvalue weighted by Crippen LogP contribution is 2.70. The largest absolute Gasteiger partial charge is 0.481 e. The van der Waals surface area contributed by atoms with Crippen molar-refractivity contribution in [3.8, 4) is 0 Å². The van der Waals surface area contributed by atoms with E-state index in [4.69, 9.17) is 14.2 Å². The highest BCUT2D eigenvalue weighted by molar-refractivity contribution is 5.85. The zero-order chi connectivity index (χ0) is 27.4. The number of rotatable bonds is 6. The van der Waals surface area contributed by atoms with Crippen molar-refractivity contribution in [3.63, 3.8) is 0 Å². The van der Waals surface area contributed by atoms with Crippen LogP contribution >= 0.6 is 0 Å². The van der Waals surface area contributed by atoms with Crippen molar-refractivity contribution in [2.45, 2.75) is 103 Å². The van der Waals surface area contributed by atoms with Crippen molar-refractivity contribution in [2.75, 3.05) is 6.61 Å². The van der Waals surface area contributed by atoms with Crippen LogP contribution in [0.3, 0.4) is 0 Å². The van der Waals surface area contributed by atoms with Gasteiger partial charge in [-0.25, -0.2) is 0 Å². The lowest BCUT2D eigenvalue weighted by atomic mass is 9.41. The smallest absolute Gasteiger partial charge is 0.314 e. The number of carbonyl (C=O) groups is 5. The van der Waals surface area contributed by atoms with E-state index in [0.717, 1.165) is 0 Å². The fourth-order valence-corrected chi connectivity index (χ4v) is 8.84. The molecule has 37 heavy (non-hydrogen) atoms. The lowest BCUT2D eigenvalue weighted by molar-refractivity contribution is -0.267. The normalized spacial score (nSPS) is 42.4. The molecule has 0 aliphatic heterocycles. The lowest BCUT2D eigenvalue weighted by Crippen LogP contribution is -2.71. The predicted octanol–water partition coefficient (Wildman–Crippen LogP) is 2.57. The average Bonchev–Trinajstić information content (AvgIpc) is 3.07. The van der Waals surface area contributed by atoms with E-state index in [-0.39, 0.29) is 31.7 Å². The first-order valence-corrected chi connectivity index (χ1v) is 13.2. The summed E-state index contributed by atoms with van der Waals surface area (Å²) >= 11 is 0. The Morgan fingerprint density at radius 3 is 2.11 bits per heavy atom. The molecule has 0 aromatic heterocycles. The van der Waals surface area contributed by atoms with Gasteiger partial charge in [0.05, 0.1) is 5.60 Å². The maximum absolute atomic E-state index is 13.2. The molecule has 4 fully saturated rings. The van der Waals surface area contributed by atoms with Gasteiger partial charge in [-0.15, -0.1) is 0 Å². The van der Waals surface area contributed by atoms with Crippen LogP contribution in [0.25, 0.3) is 0 Å². The number of aliphatic carboxylic acids is 1. The van der Waals surface area contributed by atoms with Gasteiger partial charge in [-0.1, -0.05) is 6.92 Å². The third kappa shape index (κ3) is 4.06. The van der Waals surface area contributed by atoms with E-state index in [1.807, 2.05) is 6.92 Å². The number of hydrogen-bond acceptors (Lipinski definition) is 9. The molecule has 0 bridgehead atoms. The standard InChI is InChI=1S/C27H38O10/c1-15(28)35-14-22(31)21-8-12-27(34)20-7-10-25(37-17(3)30)13-18(36-16(2)29)5-11-26(25,23(32)33)19(20)6-9-24(21,27)4/h18-21,34H,5-14H2,1-4H3,(H,32,33)/t18-,19+,20+,21+,24+,25-,26+,27-/m0/s1. The second-order valence-electron chi connectivity index (χ2n) is 11.8. The molecule has 4 saturated carbocycles. The number of aliphatic hydroxyl groups is 1. The Labute approximate surface area is 216 Å². The van der Waals surface area contributed by atoms with Crippen LogP contribution in [0.2, 0.25) is 0 Å². The van der Waals surface area contributed by atoms with Gasteiger partial charge in [0.15, 0.2) is 5.78 Å². The summed E-state index contributed by atoms with van der Waals surface area (Å²) in [6, 6.07) is 0. The van der Waals surface area contributed by atoms with Crippen molar-refractivity contribution >= 4 is 29.7 Å². The van der Waals surface area contributed by atoms with Crippen molar-refractivity contribution in [1.29, 1.82) is 0 Å². The first kappa shape index (κ1) is 27.5. The van der Waals surface area contributed by atoms with E-state index in [2.05, 4.69) is 0 Å². The van der Waals surface area contributed by atoms with Crippen LogP contribution in [-0.2, 0) is 38.2 Å². The van der Waals surface area contributed by atoms with Crippen LogP contribution in [0.15, 0.2) is 0 Å². The molecule has 4 rings (SSSR count). The number of esters is 3. The van der Waals surface area contributed by atoms with E-state index in [0.29, 0.717) is 38.5 Å². The third-order valence-electron chi connectivity index (χ3n) is 10.2. The summed E-state index contributed by atoms with van der Waals surface area (Å²) in [4.78, 5) is 61.4. The second kappa shape index (κ2) is 9.36. The number of ketones is 1. The van der Waals surface area contributed by atoms with Gasteiger partial charge in [-0.3, -0.25) is 24.0 Å². The Morgan fingerprint density at radius 2 is 1.51 bits per heavy atom. The summed E-state index contributed by atoms with van der Waals surface area (Å²) in [6.07, 6.45) is 2.25. The molecule has 4 aliphatic carbocycles. The number of carboxylic acid groups (broad SMARTS) is 1. The fraction of sp³-hybridized carbons (Fsp3) is 0.815. The van der Waals surface area contributed by atoms with Crippen LogP contribution < -0.4 is 0 Å². The Bertz CT molecular complexity index is 1010. The second-order valence-corrected chi connectivity index (χ2v) is 11.8. The average molecular weight is 523 g/mol. The number of carbonyl (C=O) groups excluding carboxylic acids is 4.